The summed E-state index contributed by atoms with van der Waals surface area (Å²) in [5.74, 6) is 0.450. The van der Waals surface area contributed by atoms with E-state index in [1.54, 1.807) is 0 Å². The number of nitrogens with one attached hydrogen (secondary N) is 2. The first-order chi connectivity index (χ1) is 7.05. The molecule has 15 heavy (non-hydrogen) atoms. The fourth-order valence-corrected chi connectivity index (χ4v) is 3.83. The van der Waals surface area contributed by atoms with E-state index in [4.69, 9.17) is 0 Å². The van der Waals surface area contributed by atoms with Crippen LogP contribution in [0.5, 0.6) is 0 Å². The van der Waals surface area contributed by atoms with Gasteiger partial charge in [-0.1, -0.05) is 0 Å². The topological polar surface area (TPSA) is 75.3 Å². The third-order valence-corrected chi connectivity index (χ3v) is 4.78. The highest BCUT2D eigenvalue weighted by Crippen LogP contribution is 2.21. The minimum Gasteiger partial charge on any atom is -0.351 e. The maximum atomic E-state index is 11.5. The first-order valence-corrected chi connectivity index (χ1v) is 7.08. The van der Waals surface area contributed by atoms with E-state index in [9.17, 15) is 13.2 Å². The maximum Gasteiger partial charge on any atom is 0.220 e. The molecule has 0 aromatic heterocycles. The molecule has 1 atom stereocenters. The van der Waals surface area contributed by atoms with Gasteiger partial charge in [-0.3, -0.25) is 4.79 Å². The van der Waals surface area contributed by atoms with Gasteiger partial charge in [-0.25, -0.2) is 8.42 Å². The van der Waals surface area contributed by atoms with Crippen LogP contribution in [0, 0.1) is 5.92 Å². The molecule has 1 amide bonds. The summed E-state index contributed by atoms with van der Waals surface area (Å²) in [7, 11) is -2.85. The number of hydrogen-bond acceptors (Lipinski definition) is 4. The van der Waals surface area contributed by atoms with E-state index in [0.717, 1.165) is 13.1 Å². The molecular weight excluding hydrogens is 216 g/mol. The van der Waals surface area contributed by atoms with Gasteiger partial charge in [0.15, 0.2) is 9.84 Å². The normalized spacial score (nSPS) is 29.7. The molecule has 2 N–H and O–H groups in total. The van der Waals surface area contributed by atoms with Gasteiger partial charge in [0, 0.05) is 19.5 Å². The zero-order valence-electron chi connectivity index (χ0n) is 8.53. The van der Waals surface area contributed by atoms with Crippen molar-refractivity contribution in [1.82, 2.24) is 10.6 Å². The first kappa shape index (κ1) is 10.9. The molecule has 0 spiro atoms. The highest BCUT2D eigenvalue weighted by Gasteiger charge is 2.30. The Hall–Kier alpha value is -0.620. The van der Waals surface area contributed by atoms with Crippen molar-refractivity contribution in [3.05, 3.63) is 0 Å². The number of sulfone groups is 1. The quantitative estimate of drug-likeness (QED) is 0.647. The predicted octanol–water partition coefficient (Wildman–Crippen LogP) is -1.10. The Morgan fingerprint density at radius 3 is 2.60 bits per heavy atom. The molecule has 0 radical (unpaired) electrons. The Morgan fingerprint density at radius 1 is 1.40 bits per heavy atom. The van der Waals surface area contributed by atoms with Crippen molar-refractivity contribution < 1.29 is 13.2 Å². The SMILES string of the molecule is O=C(CC1CCS(=O)(=O)C1)NC1CNC1. The van der Waals surface area contributed by atoms with E-state index in [1.165, 1.54) is 0 Å². The Labute approximate surface area is 89.5 Å². The molecule has 0 aromatic carbocycles. The summed E-state index contributed by atoms with van der Waals surface area (Å²) in [6.45, 7) is 1.66. The third-order valence-electron chi connectivity index (χ3n) is 2.95. The van der Waals surface area contributed by atoms with Crippen molar-refractivity contribution in [3.8, 4) is 0 Å². The predicted molar refractivity (Wildman–Crippen MR) is 56.2 cm³/mol. The molecule has 2 rings (SSSR count). The smallest absolute Gasteiger partial charge is 0.220 e. The van der Waals surface area contributed by atoms with Crippen molar-refractivity contribution in [2.75, 3.05) is 24.6 Å². The second-order valence-electron chi connectivity index (χ2n) is 4.40. The van der Waals surface area contributed by atoms with Crippen LogP contribution in [0.3, 0.4) is 0 Å². The van der Waals surface area contributed by atoms with Crippen LogP contribution in [0.25, 0.3) is 0 Å². The van der Waals surface area contributed by atoms with E-state index >= 15 is 0 Å². The van der Waals surface area contributed by atoms with E-state index < -0.39 is 9.84 Å². The van der Waals surface area contributed by atoms with E-state index in [-0.39, 0.29) is 29.4 Å². The standard InChI is InChI=1S/C9H16N2O3S/c12-9(11-8-4-10-5-8)3-7-1-2-15(13,14)6-7/h7-8,10H,1-6H2,(H,11,12). The molecule has 0 bridgehead atoms. The molecule has 0 aromatic rings. The molecule has 6 heteroatoms. The van der Waals surface area contributed by atoms with Gasteiger partial charge in [0.2, 0.25) is 5.91 Å². The van der Waals surface area contributed by atoms with E-state index in [2.05, 4.69) is 10.6 Å². The lowest BCUT2D eigenvalue weighted by Gasteiger charge is -2.28. The van der Waals surface area contributed by atoms with Crippen LogP contribution in [-0.2, 0) is 14.6 Å². The van der Waals surface area contributed by atoms with Crippen molar-refractivity contribution in [1.29, 1.82) is 0 Å². The van der Waals surface area contributed by atoms with Crippen LogP contribution >= 0.6 is 0 Å². The zero-order valence-corrected chi connectivity index (χ0v) is 9.35. The number of amides is 1. The van der Waals surface area contributed by atoms with Crippen molar-refractivity contribution >= 4 is 15.7 Å². The molecule has 1 unspecified atom stereocenters. The van der Waals surface area contributed by atoms with Gasteiger partial charge >= 0.3 is 0 Å². The van der Waals surface area contributed by atoms with Crippen LogP contribution in [0.2, 0.25) is 0 Å². The Morgan fingerprint density at radius 2 is 2.13 bits per heavy atom. The Kier molecular flexibility index (Phi) is 2.97. The van der Waals surface area contributed by atoms with Gasteiger partial charge in [0.05, 0.1) is 17.5 Å². The van der Waals surface area contributed by atoms with Gasteiger partial charge < -0.3 is 10.6 Å². The van der Waals surface area contributed by atoms with Crippen LogP contribution in [0.4, 0.5) is 0 Å². The molecule has 2 saturated heterocycles. The van der Waals surface area contributed by atoms with Gasteiger partial charge in [0.1, 0.15) is 0 Å². The lowest BCUT2D eigenvalue weighted by Crippen LogP contribution is -2.57. The van der Waals surface area contributed by atoms with Crippen molar-refractivity contribution in [3.63, 3.8) is 0 Å². The number of carbonyl (C=O) groups excluding carboxylic acids is 1. The summed E-state index contributed by atoms with van der Waals surface area (Å²) >= 11 is 0. The molecule has 86 valence electrons. The Bertz CT molecular complexity index is 348. The van der Waals surface area contributed by atoms with Crippen molar-refractivity contribution in [2.24, 2.45) is 5.92 Å². The lowest BCUT2D eigenvalue weighted by atomic mass is 10.0. The second-order valence-corrected chi connectivity index (χ2v) is 6.62. The number of rotatable bonds is 3. The summed E-state index contributed by atoms with van der Waals surface area (Å²) in [5.41, 5.74) is 0. The first-order valence-electron chi connectivity index (χ1n) is 5.26. The largest absolute Gasteiger partial charge is 0.351 e. The average molecular weight is 232 g/mol. The van der Waals surface area contributed by atoms with Gasteiger partial charge in [0.25, 0.3) is 0 Å². The molecule has 2 fully saturated rings. The lowest BCUT2D eigenvalue weighted by molar-refractivity contribution is -0.122. The van der Waals surface area contributed by atoms with Gasteiger partial charge in [-0.05, 0) is 12.3 Å². The number of hydrogen-bond donors (Lipinski definition) is 2. The van der Waals surface area contributed by atoms with Gasteiger partial charge in [-0.2, -0.15) is 0 Å². The second kappa shape index (κ2) is 4.09. The minimum atomic E-state index is -2.85. The Balaban J connectivity index is 1.74. The molecule has 5 nitrogen and oxygen atoms in total. The highest BCUT2D eigenvalue weighted by atomic mass is 32.2. The van der Waals surface area contributed by atoms with E-state index in [0.29, 0.717) is 12.8 Å². The molecule has 2 aliphatic heterocycles. The third kappa shape index (κ3) is 2.92. The molecule has 2 heterocycles. The molecule has 0 aliphatic carbocycles. The van der Waals surface area contributed by atoms with Crippen molar-refractivity contribution in [2.45, 2.75) is 18.9 Å². The van der Waals surface area contributed by atoms with E-state index in [1.807, 2.05) is 0 Å². The summed E-state index contributed by atoms with van der Waals surface area (Å²) in [6.07, 6.45) is 0.994. The minimum absolute atomic E-state index is 0.0106. The van der Waals surface area contributed by atoms with Crippen LogP contribution in [-0.4, -0.2) is 45.0 Å². The summed E-state index contributed by atoms with van der Waals surface area (Å²) in [4.78, 5) is 11.5. The summed E-state index contributed by atoms with van der Waals surface area (Å²) in [6, 6.07) is 0.246. The number of carbonyl (C=O) groups is 1. The fourth-order valence-electron chi connectivity index (χ4n) is 1.97. The monoisotopic (exact) mass is 232 g/mol. The van der Waals surface area contributed by atoms with Crippen LogP contribution in [0.15, 0.2) is 0 Å². The summed E-state index contributed by atoms with van der Waals surface area (Å²) < 4.78 is 22.3. The van der Waals surface area contributed by atoms with Crippen LogP contribution < -0.4 is 10.6 Å². The highest BCUT2D eigenvalue weighted by molar-refractivity contribution is 7.91. The summed E-state index contributed by atoms with van der Waals surface area (Å²) in [5, 5.41) is 5.94. The van der Waals surface area contributed by atoms with Gasteiger partial charge in [-0.15, -0.1) is 0 Å². The maximum absolute atomic E-state index is 11.5. The van der Waals surface area contributed by atoms with Crippen LogP contribution in [0.1, 0.15) is 12.8 Å². The fraction of sp³-hybridized carbons (Fsp3) is 0.889. The molecule has 0 saturated carbocycles. The average Bonchev–Trinajstić information content (AvgIpc) is 2.38. The molecular formula is C9H16N2O3S. The molecule has 2 aliphatic rings. The zero-order chi connectivity index (χ0) is 10.9.